The van der Waals surface area contributed by atoms with Gasteiger partial charge in [-0.25, -0.2) is 9.97 Å². The van der Waals surface area contributed by atoms with Gasteiger partial charge in [-0.2, -0.15) is 0 Å². The van der Waals surface area contributed by atoms with Gasteiger partial charge in [-0.3, -0.25) is 9.55 Å². The van der Waals surface area contributed by atoms with Gasteiger partial charge in [-0.05, 0) is 38.1 Å². The largest absolute Gasteiger partial charge is 0.298 e. The first-order valence-corrected chi connectivity index (χ1v) is 7.92. The first kappa shape index (κ1) is 13.2. The topological polar surface area (TPSA) is 43.6 Å². The predicted molar refractivity (Wildman–Crippen MR) is 89.4 cm³/mol. The van der Waals surface area contributed by atoms with E-state index in [0.29, 0.717) is 0 Å². The van der Waals surface area contributed by atoms with Crippen LogP contribution in [0.1, 0.15) is 11.4 Å². The van der Waals surface area contributed by atoms with E-state index in [1.165, 1.54) is 4.70 Å². The third kappa shape index (κ3) is 2.02. The molecule has 0 aliphatic heterocycles. The van der Waals surface area contributed by atoms with E-state index in [0.717, 1.165) is 34.0 Å². The Balaban J connectivity index is 1.95. The fraction of sp³-hybridized carbons (Fsp3) is 0.118. The summed E-state index contributed by atoms with van der Waals surface area (Å²) in [6.45, 7) is 4.02. The van der Waals surface area contributed by atoms with E-state index >= 15 is 0 Å². The highest BCUT2D eigenvalue weighted by Gasteiger charge is 2.14. The number of aromatic nitrogens is 4. The molecular formula is C17H14N4S. The Bertz CT molecular complexity index is 968. The highest BCUT2D eigenvalue weighted by Crippen LogP contribution is 2.30. The highest BCUT2D eigenvalue weighted by molar-refractivity contribution is 7.16. The van der Waals surface area contributed by atoms with Gasteiger partial charge in [0.2, 0.25) is 0 Å². The Kier molecular flexibility index (Phi) is 3.01. The lowest BCUT2D eigenvalue weighted by atomic mass is 10.1. The van der Waals surface area contributed by atoms with Gasteiger partial charge in [0.15, 0.2) is 0 Å². The van der Waals surface area contributed by atoms with Gasteiger partial charge in [0.05, 0.1) is 27.1 Å². The van der Waals surface area contributed by atoms with Crippen molar-refractivity contribution in [1.29, 1.82) is 0 Å². The third-order valence-electron chi connectivity index (χ3n) is 3.70. The molecule has 108 valence electrons. The monoisotopic (exact) mass is 306 g/mol. The summed E-state index contributed by atoms with van der Waals surface area (Å²) in [6.07, 6.45) is 3.79. The van der Waals surface area contributed by atoms with E-state index in [-0.39, 0.29) is 0 Å². The molecule has 0 saturated heterocycles. The normalized spacial score (nSPS) is 11.2. The van der Waals surface area contributed by atoms with Gasteiger partial charge in [-0.15, -0.1) is 11.3 Å². The minimum Gasteiger partial charge on any atom is -0.298 e. The molecule has 22 heavy (non-hydrogen) atoms. The lowest BCUT2D eigenvalue weighted by molar-refractivity contribution is 1.000. The maximum absolute atomic E-state index is 4.56. The quantitative estimate of drug-likeness (QED) is 0.558. The summed E-state index contributed by atoms with van der Waals surface area (Å²) in [4.78, 5) is 13.6. The number of para-hydroxylation sites is 1. The molecule has 0 bridgehead atoms. The van der Waals surface area contributed by atoms with Gasteiger partial charge in [0, 0.05) is 23.7 Å². The molecule has 0 N–H and O–H groups in total. The molecule has 4 rings (SSSR count). The van der Waals surface area contributed by atoms with Gasteiger partial charge >= 0.3 is 0 Å². The fourth-order valence-electron chi connectivity index (χ4n) is 2.70. The molecule has 3 heterocycles. The van der Waals surface area contributed by atoms with Crippen LogP contribution in [0.2, 0.25) is 0 Å². The predicted octanol–water partition coefficient (Wildman–Crippen LogP) is 4.16. The van der Waals surface area contributed by atoms with E-state index < -0.39 is 0 Å². The summed E-state index contributed by atoms with van der Waals surface area (Å²) in [7, 11) is 0. The smallest absolute Gasteiger partial charge is 0.146 e. The Morgan fingerprint density at radius 3 is 2.82 bits per heavy atom. The number of nitrogens with zero attached hydrogens (tertiary/aromatic N) is 4. The van der Waals surface area contributed by atoms with Crippen LogP contribution in [0.4, 0.5) is 0 Å². The molecule has 1 aromatic carbocycles. The van der Waals surface area contributed by atoms with Crippen LogP contribution in [-0.2, 0) is 0 Å². The number of thiazole rings is 1. The van der Waals surface area contributed by atoms with E-state index in [1.807, 2.05) is 37.8 Å². The van der Waals surface area contributed by atoms with Crippen LogP contribution in [-0.4, -0.2) is 19.5 Å². The van der Waals surface area contributed by atoms with Gasteiger partial charge in [0.25, 0.3) is 0 Å². The highest BCUT2D eigenvalue weighted by atomic mass is 32.1. The maximum Gasteiger partial charge on any atom is 0.146 e. The first-order chi connectivity index (χ1) is 10.7. The van der Waals surface area contributed by atoms with E-state index in [1.54, 1.807) is 11.3 Å². The Morgan fingerprint density at radius 1 is 1.05 bits per heavy atom. The van der Waals surface area contributed by atoms with Crippen molar-refractivity contribution < 1.29 is 0 Å². The molecular weight excluding hydrogens is 292 g/mol. The van der Waals surface area contributed by atoms with Crippen molar-refractivity contribution >= 4 is 21.6 Å². The Morgan fingerprint density at radius 2 is 1.95 bits per heavy atom. The van der Waals surface area contributed by atoms with Crippen molar-refractivity contribution in [3.8, 4) is 17.1 Å². The molecule has 0 aliphatic carbocycles. The molecule has 3 aromatic heterocycles. The molecule has 0 fully saturated rings. The average molecular weight is 306 g/mol. The standard InChI is InChI=1S/C17H14N4S/c1-11-6-7-14(12(2)20-11)21-9-8-18-17(21)13-4-3-5-15-16(13)19-10-22-15/h3-10H,1-2H3. The fourth-order valence-corrected chi connectivity index (χ4v) is 3.40. The lowest BCUT2D eigenvalue weighted by Gasteiger charge is -2.11. The van der Waals surface area contributed by atoms with Crippen molar-refractivity contribution in [3.05, 3.63) is 59.6 Å². The summed E-state index contributed by atoms with van der Waals surface area (Å²) in [5.41, 5.74) is 6.97. The van der Waals surface area contributed by atoms with Crippen LogP contribution in [0.25, 0.3) is 27.3 Å². The molecule has 0 unspecified atom stereocenters. The number of rotatable bonds is 2. The molecule has 0 radical (unpaired) electrons. The molecule has 0 spiro atoms. The molecule has 0 amide bonds. The van der Waals surface area contributed by atoms with Crippen LogP contribution < -0.4 is 0 Å². The zero-order valence-electron chi connectivity index (χ0n) is 12.3. The van der Waals surface area contributed by atoms with Crippen LogP contribution >= 0.6 is 11.3 Å². The number of benzene rings is 1. The second-order valence-corrected chi connectivity index (χ2v) is 6.07. The molecule has 0 atom stereocenters. The van der Waals surface area contributed by atoms with Crippen molar-refractivity contribution in [2.45, 2.75) is 13.8 Å². The Labute approximate surface area is 132 Å². The number of fused-ring (bicyclic) bond motifs is 1. The number of pyridine rings is 1. The average Bonchev–Trinajstić information content (AvgIpc) is 3.15. The number of imidazole rings is 1. The van der Waals surface area contributed by atoms with Crippen molar-refractivity contribution in [3.63, 3.8) is 0 Å². The van der Waals surface area contributed by atoms with Crippen LogP contribution in [0, 0.1) is 13.8 Å². The van der Waals surface area contributed by atoms with Crippen molar-refractivity contribution in [2.24, 2.45) is 0 Å². The molecule has 0 saturated carbocycles. The minimum atomic E-state index is 0.894. The Hall–Kier alpha value is -2.53. The van der Waals surface area contributed by atoms with E-state index in [4.69, 9.17) is 0 Å². The summed E-state index contributed by atoms with van der Waals surface area (Å²) < 4.78 is 3.25. The maximum atomic E-state index is 4.56. The number of hydrogen-bond donors (Lipinski definition) is 0. The molecule has 4 aromatic rings. The second kappa shape index (κ2) is 5.03. The van der Waals surface area contributed by atoms with E-state index in [9.17, 15) is 0 Å². The summed E-state index contributed by atoms with van der Waals surface area (Å²) in [6, 6.07) is 10.3. The van der Waals surface area contributed by atoms with Gasteiger partial charge < -0.3 is 0 Å². The van der Waals surface area contributed by atoms with Crippen molar-refractivity contribution in [2.75, 3.05) is 0 Å². The zero-order chi connectivity index (χ0) is 15.1. The van der Waals surface area contributed by atoms with Crippen LogP contribution in [0.3, 0.4) is 0 Å². The minimum absolute atomic E-state index is 0.894. The second-order valence-electron chi connectivity index (χ2n) is 5.18. The van der Waals surface area contributed by atoms with Gasteiger partial charge in [0.1, 0.15) is 5.82 Å². The van der Waals surface area contributed by atoms with E-state index in [2.05, 4.69) is 43.8 Å². The molecule has 5 heteroatoms. The summed E-state index contributed by atoms with van der Waals surface area (Å²) in [5.74, 6) is 0.894. The number of aryl methyl sites for hydroxylation is 2. The SMILES string of the molecule is Cc1ccc(-n2ccnc2-c2cccc3scnc23)c(C)n1. The lowest BCUT2D eigenvalue weighted by Crippen LogP contribution is -2.01. The first-order valence-electron chi connectivity index (χ1n) is 7.04. The van der Waals surface area contributed by atoms with Crippen molar-refractivity contribution in [1.82, 2.24) is 19.5 Å². The summed E-state index contributed by atoms with van der Waals surface area (Å²) in [5, 5.41) is 0. The number of hydrogen-bond acceptors (Lipinski definition) is 4. The van der Waals surface area contributed by atoms with Crippen LogP contribution in [0.15, 0.2) is 48.2 Å². The zero-order valence-corrected chi connectivity index (χ0v) is 13.1. The van der Waals surface area contributed by atoms with Gasteiger partial charge in [-0.1, -0.05) is 6.07 Å². The van der Waals surface area contributed by atoms with Crippen LogP contribution in [0.5, 0.6) is 0 Å². The molecule has 0 aliphatic rings. The molecule has 4 nitrogen and oxygen atoms in total. The summed E-state index contributed by atoms with van der Waals surface area (Å²) >= 11 is 1.65. The third-order valence-corrected chi connectivity index (χ3v) is 4.49.